The van der Waals surface area contributed by atoms with Gasteiger partial charge >= 0.3 is 0 Å². The lowest BCUT2D eigenvalue weighted by atomic mass is 9.98. The van der Waals surface area contributed by atoms with E-state index < -0.39 is 114 Å². The Kier molecular flexibility index (Phi) is 28.2. The Bertz CT molecular complexity index is 3160. The van der Waals surface area contributed by atoms with E-state index in [1.54, 1.807) is 45.2 Å². The average Bonchev–Trinajstić information content (AvgIpc) is 2.04. The number of aromatic hydroxyl groups is 1. The number of likely N-dealkylation sites (tertiary alicyclic amines) is 1. The molecular formula is C61H88N16O14. The van der Waals surface area contributed by atoms with Crippen LogP contribution in [0.2, 0.25) is 0 Å². The minimum Gasteiger partial charge on any atom is -0.508 e. The number of phenolic OH excluding ortho intramolecular Hbond substituents is 1. The van der Waals surface area contributed by atoms with Crippen molar-refractivity contribution in [1.82, 2.24) is 67.7 Å². The maximum atomic E-state index is 14.7. The lowest BCUT2D eigenvalue weighted by Crippen LogP contribution is -2.61. The number of likely N-dealkylation sites (N-methyl/N-ethyl adjacent to an activating group) is 1. The molecule has 2 aliphatic rings. The van der Waals surface area contributed by atoms with Crippen LogP contribution in [0.3, 0.4) is 0 Å². The number of nitrogens with one attached hydrogen (secondary N) is 11. The molecule has 2 aliphatic heterocycles. The number of guanidine groups is 1. The molecule has 0 bridgehead atoms. The molecule has 0 aliphatic carbocycles. The molecule has 18 N–H and O–H groups in total. The van der Waals surface area contributed by atoms with Gasteiger partial charge < -0.3 is 89.5 Å². The molecule has 4 aromatic rings. The molecule has 91 heavy (non-hydrogen) atoms. The number of para-hydroxylation sites is 1. The van der Waals surface area contributed by atoms with E-state index in [1.165, 1.54) is 41.7 Å². The van der Waals surface area contributed by atoms with E-state index in [4.69, 9.17) is 21.4 Å². The molecule has 2 aromatic carbocycles. The molecule has 0 radical (unpaired) electrons. The number of aromatic nitrogens is 3. The number of aliphatic imine (C=N–C) groups is 1. The van der Waals surface area contributed by atoms with Crippen molar-refractivity contribution < 1.29 is 68.1 Å². The highest BCUT2D eigenvalue weighted by molar-refractivity contribution is 5.99. The number of aliphatic carboxylic acids is 1. The summed E-state index contributed by atoms with van der Waals surface area (Å²) in [7, 11) is 0. The predicted octanol–water partition coefficient (Wildman–Crippen LogP) is -1.35. The second-order valence-corrected chi connectivity index (χ2v) is 23.3. The largest absolute Gasteiger partial charge is 0.508 e. The van der Waals surface area contributed by atoms with Gasteiger partial charge in [0.25, 0.3) is 5.97 Å². The number of nitrogens with zero attached hydrogens (tertiary/aromatic N) is 3. The molecule has 2 fully saturated rings. The number of phenols is 1. The number of carboxylic acid groups (broad SMARTS) is 1. The smallest absolute Gasteiger partial charge is 0.300 e. The number of benzene rings is 2. The number of fused-ring (bicyclic) bond motifs is 1. The molecule has 0 saturated carbocycles. The third-order valence-electron chi connectivity index (χ3n) is 14.9. The van der Waals surface area contributed by atoms with Crippen molar-refractivity contribution >= 4 is 81.9 Å². The molecule has 10 amide bonds. The van der Waals surface area contributed by atoms with Crippen LogP contribution in [0.15, 0.2) is 72.2 Å². The quantitative estimate of drug-likeness (QED) is 0.0153. The molecule has 30 nitrogen and oxygen atoms in total. The van der Waals surface area contributed by atoms with Gasteiger partial charge in [-0.15, -0.1) is 0 Å². The number of aliphatic hydroxyl groups excluding tert-OH is 1. The Morgan fingerprint density at radius 2 is 1.25 bits per heavy atom. The van der Waals surface area contributed by atoms with E-state index in [0.717, 1.165) is 12.4 Å². The van der Waals surface area contributed by atoms with Crippen LogP contribution in [-0.2, 0) is 72.0 Å². The van der Waals surface area contributed by atoms with Gasteiger partial charge in [0.05, 0.1) is 12.9 Å². The van der Waals surface area contributed by atoms with Crippen LogP contribution in [0.4, 0.5) is 0 Å². The Morgan fingerprint density at radius 1 is 0.703 bits per heavy atom. The van der Waals surface area contributed by atoms with Crippen LogP contribution in [0.1, 0.15) is 110 Å². The van der Waals surface area contributed by atoms with Gasteiger partial charge in [-0.05, 0) is 93.0 Å². The number of H-pyrrole nitrogens is 2. The van der Waals surface area contributed by atoms with E-state index in [0.29, 0.717) is 41.6 Å². The number of carboxylic acids is 1. The number of hydrogen-bond donors (Lipinski definition) is 16. The van der Waals surface area contributed by atoms with E-state index in [9.17, 15) is 58.2 Å². The van der Waals surface area contributed by atoms with Gasteiger partial charge in [0.1, 0.15) is 60.1 Å². The Balaban J connectivity index is 0.00000365. The monoisotopic (exact) mass is 1270 g/mol. The summed E-state index contributed by atoms with van der Waals surface area (Å²) < 4.78 is 0. The molecule has 30 heteroatoms. The van der Waals surface area contributed by atoms with E-state index in [2.05, 4.69) is 67.8 Å². The minimum atomic E-state index is -1.75. The minimum absolute atomic E-state index is 0.0397. The number of aromatic amines is 2. The third kappa shape index (κ3) is 23.1. The summed E-state index contributed by atoms with van der Waals surface area (Å²) in [5.74, 6) is -8.39. The first-order chi connectivity index (χ1) is 43.3. The number of carbonyl (C=O) groups excluding carboxylic acids is 10. The average molecular weight is 1270 g/mol. The zero-order valence-corrected chi connectivity index (χ0v) is 52.1. The van der Waals surface area contributed by atoms with Crippen LogP contribution < -0.4 is 59.3 Å². The fraction of sp³-hybridized carbons (Fsp3) is 0.525. The van der Waals surface area contributed by atoms with Crippen molar-refractivity contribution in [1.29, 1.82) is 0 Å². The van der Waals surface area contributed by atoms with Gasteiger partial charge in [0.15, 0.2) is 5.96 Å². The fourth-order valence-electron chi connectivity index (χ4n) is 10.5. The SMILES string of the molecule is CC(=O)O.CCNC(=O)[C@@H]1CCCN1C(=O)[C@H](CCCN=C(N)N)NC(=O)[C@H](CC(C)C)NC(=O)[C@H](CC(C)C)NC(=O)[C@H](Cc1ccc(O)cc1)NC(=O)[C@H](CO)NC(=O)[C@H](Cc1c[nH]c2ccccc12)NC(=O)[C@H](Cc1cnc[nH]1)NC(=O)[C@@H]1CCC(=O)N1. The van der Waals surface area contributed by atoms with Crippen LogP contribution in [0, 0.1) is 11.8 Å². The fourth-order valence-corrected chi connectivity index (χ4v) is 10.5. The first kappa shape index (κ1) is 72.1. The third-order valence-corrected chi connectivity index (χ3v) is 14.9. The summed E-state index contributed by atoms with van der Waals surface area (Å²) in [4.78, 5) is 164. The lowest BCUT2D eigenvalue weighted by Gasteiger charge is -2.31. The van der Waals surface area contributed by atoms with Crippen molar-refractivity contribution in [3.63, 3.8) is 0 Å². The Hall–Kier alpha value is -9.61. The molecule has 0 unspecified atom stereocenters. The summed E-state index contributed by atoms with van der Waals surface area (Å²) in [5.41, 5.74) is 13.3. The second kappa shape index (κ2) is 35.5. The number of imidazole rings is 1. The topological polar surface area (TPSA) is 469 Å². The molecule has 4 heterocycles. The zero-order valence-electron chi connectivity index (χ0n) is 52.1. The molecule has 2 saturated heterocycles. The second-order valence-electron chi connectivity index (χ2n) is 23.3. The number of hydrogen-bond acceptors (Lipinski definition) is 15. The number of amides is 10. The normalized spacial score (nSPS) is 16.7. The highest BCUT2D eigenvalue weighted by atomic mass is 16.4. The van der Waals surface area contributed by atoms with Crippen LogP contribution in [-0.4, -0.2) is 187 Å². The maximum absolute atomic E-state index is 14.7. The Morgan fingerprint density at radius 3 is 1.80 bits per heavy atom. The molecule has 0 spiro atoms. The highest BCUT2D eigenvalue weighted by Crippen LogP contribution is 2.22. The van der Waals surface area contributed by atoms with Crippen LogP contribution >= 0.6 is 0 Å². The Labute approximate surface area is 526 Å². The van der Waals surface area contributed by atoms with Gasteiger partial charge in [0, 0.05) is 81.2 Å². The molecular weight excluding hydrogens is 1180 g/mol. The van der Waals surface area contributed by atoms with Crippen LogP contribution in [0.5, 0.6) is 5.75 Å². The van der Waals surface area contributed by atoms with Gasteiger partial charge in [-0.1, -0.05) is 58.0 Å². The van der Waals surface area contributed by atoms with Gasteiger partial charge in [-0.25, -0.2) is 4.98 Å². The van der Waals surface area contributed by atoms with Crippen molar-refractivity contribution in [2.24, 2.45) is 28.3 Å². The molecule has 2 aromatic heterocycles. The number of rotatable bonds is 32. The molecule has 9 atom stereocenters. The van der Waals surface area contributed by atoms with Crippen molar-refractivity contribution in [3.05, 3.63) is 84.1 Å². The van der Waals surface area contributed by atoms with Gasteiger partial charge in [0.2, 0.25) is 59.1 Å². The standard InChI is InChI=1S/C59H84N16O12.C2H4O2/c1-6-63-57(86)48-14-10-22-75(48)58(87)41(13-9-21-64-59(60)61)68-51(80)42(23-32(2)3)69-52(81)43(24-33(4)5)70-53(82)44(25-34-15-17-37(77)18-16-34)71-56(85)47(30-76)74-54(83)45(26-35-28-65-39-12-8-7-11-38(35)39)72-55(84)46(27-36-29-62-31-66-36)73-50(79)40-19-20-49(78)67-40;1-2(3)4/h7-8,11-12,15-18,28-29,31-33,40-48,65,76-77H,6,9-10,13-14,19-27,30H2,1-5H3,(H,62,66)(H,63,86)(H,67,78)(H,68,80)(H,69,81)(H,70,82)(H,71,85)(H,72,84)(H,73,79)(H,74,83)(H4,60,61,64);1H3,(H,3,4)/t40-,41-,42-,43-,44-,45-,46-,47-,48-;/m0./s1. The van der Waals surface area contributed by atoms with E-state index in [-0.39, 0.29) is 106 Å². The van der Waals surface area contributed by atoms with Gasteiger partial charge in [-0.3, -0.25) is 57.7 Å². The van der Waals surface area contributed by atoms with E-state index in [1.807, 2.05) is 19.9 Å². The van der Waals surface area contributed by atoms with E-state index >= 15 is 0 Å². The summed E-state index contributed by atoms with van der Waals surface area (Å²) >= 11 is 0. The first-order valence-electron chi connectivity index (χ1n) is 30.4. The number of nitrogens with two attached hydrogens (primary N) is 2. The summed E-state index contributed by atoms with van der Waals surface area (Å²) in [6, 6.07) is 1.58. The summed E-state index contributed by atoms with van der Waals surface area (Å²) in [6.45, 7) is 9.91. The maximum Gasteiger partial charge on any atom is 0.300 e. The number of carbonyl (C=O) groups is 11. The first-order valence-corrected chi connectivity index (χ1v) is 30.4. The summed E-state index contributed by atoms with van der Waals surface area (Å²) in [5, 5.41) is 53.3. The van der Waals surface area contributed by atoms with Gasteiger partial charge in [-0.2, -0.15) is 0 Å². The highest BCUT2D eigenvalue weighted by Gasteiger charge is 2.40. The van der Waals surface area contributed by atoms with Crippen molar-refractivity contribution in [3.8, 4) is 5.75 Å². The van der Waals surface area contributed by atoms with Crippen molar-refractivity contribution in [2.75, 3.05) is 26.2 Å². The van der Waals surface area contributed by atoms with Crippen molar-refractivity contribution in [2.45, 2.75) is 167 Å². The predicted molar refractivity (Wildman–Crippen MR) is 333 cm³/mol. The summed E-state index contributed by atoms with van der Waals surface area (Å²) in [6.07, 6.45) is 5.80. The zero-order chi connectivity index (χ0) is 66.9. The lowest BCUT2D eigenvalue weighted by molar-refractivity contribution is -0.142. The molecule has 496 valence electrons. The van der Waals surface area contributed by atoms with Crippen LogP contribution in [0.25, 0.3) is 10.9 Å². The number of aliphatic hydroxyl groups is 1. The molecule has 6 rings (SSSR count).